The molecule has 1 aromatic heterocycles. The number of ether oxygens (including phenoxy) is 1. The highest BCUT2D eigenvalue weighted by molar-refractivity contribution is 5.96. The van der Waals surface area contributed by atoms with E-state index in [-0.39, 0.29) is 23.9 Å². The van der Waals surface area contributed by atoms with Gasteiger partial charge in [-0.1, -0.05) is 11.2 Å². The molecule has 1 saturated heterocycles. The van der Waals surface area contributed by atoms with Gasteiger partial charge in [-0.3, -0.25) is 4.79 Å². The van der Waals surface area contributed by atoms with Gasteiger partial charge in [0.25, 0.3) is 5.89 Å². The van der Waals surface area contributed by atoms with Crippen molar-refractivity contribution in [3.63, 3.8) is 0 Å². The molecule has 0 saturated carbocycles. The maximum atomic E-state index is 14.2. The molecule has 0 aliphatic carbocycles. The van der Waals surface area contributed by atoms with Crippen LogP contribution >= 0.6 is 0 Å². The van der Waals surface area contributed by atoms with Gasteiger partial charge in [0.05, 0.1) is 12.8 Å². The van der Waals surface area contributed by atoms with E-state index in [9.17, 15) is 9.18 Å². The van der Waals surface area contributed by atoms with E-state index in [2.05, 4.69) is 10.1 Å². The molecule has 2 heterocycles. The predicted molar refractivity (Wildman–Crippen MR) is 97.1 cm³/mol. The summed E-state index contributed by atoms with van der Waals surface area (Å²) in [7, 11) is 1.60. The maximum Gasteiger partial charge on any atom is 0.257 e. The number of hydrogen-bond acceptors (Lipinski definition) is 5. The molecule has 27 heavy (non-hydrogen) atoms. The first kappa shape index (κ1) is 17.2. The van der Waals surface area contributed by atoms with Crippen molar-refractivity contribution in [1.29, 1.82) is 0 Å². The minimum Gasteiger partial charge on any atom is -0.497 e. The van der Waals surface area contributed by atoms with Crippen LogP contribution in [0.4, 0.5) is 10.1 Å². The predicted octanol–water partition coefficient (Wildman–Crippen LogP) is 3.71. The van der Waals surface area contributed by atoms with Gasteiger partial charge in [0.1, 0.15) is 11.6 Å². The third-order valence-electron chi connectivity index (χ3n) is 4.66. The van der Waals surface area contributed by atoms with Gasteiger partial charge < -0.3 is 14.2 Å². The van der Waals surface area contributed by atoms with Crippen LogP contribution in [-0.2, 0) is 4.79 Å². The molecule has 0 bridgehead atoms. The number of carbonyl (C=O) groups excluding carboxylic acids is 1. The minimum atomic E-state index is -0.406. The van der Waals surface area contributed by atoms with Crippen molar-refractivity contribution in [2.24, 2.45) is 0 Å². The van der Waals surface area contributed by atoms with Gasteiger partial charge in [0, 0.05) is 24.4 Å². The van der Waals surface area contributed by atoms with Crippen molar-refractivity contribution in [2.45, 2.75) is 19.3 Å². The summed E-state index contributed by atoms with van der Waals surface area (Å²) in [5, 5.41) is 4.03. The second-order valence-corrected chi connectivity index (χ2v) is 6.55. The average Bonchev–Trinajstić information content (AvgIpc) is 3.29. The molecule has 0 N–H and O–H groups in total. The fourth-order valence-corrected chi connectivity index (χ4v) is 3.20. The Kier molecular flexibility index (Phi) is 4.35. The average molecular weight is 367 g/mol. The zero-order valence-electron chi connectivity index (χ0n) is 15.0. The second kappa shape index (κ2) is 6.83. The molecule has 1 aliphatic rings. The number of nitrogens with zero attached hydrogens (tertiary/aromatic N) is 3. The highest BCUT2D eigenvalue weighted by Crippen LogP contribution is 2.33. The lowest BCUT2D eigenvalue weighted by molar-refractivity contribution is -0.117. The van der Waals surface area contributed by atoms with Gasteiger partial charge in [-0.15, -0.1) is 0 Å². The Bertz CT molecular complexity index is 984. The lowest BCUT2D eigenvalue weighted by Crippen LogP contribution is -2.25. The summed E-state index contributed by atoms with van der Waals surface area (Å²) < 4.78 is 24.7. The number of halogens is 1. The van der Waals surface area contributed by atoms with Crippen LogP contribution in [0.1, 0.15) is 23.7 Å². The van der Waals surface area contributed by atoms with Crippen LogP contribution in [0.2, 0.25) is 0 Å². The van der Waals surface area contributed by atoms with Crippen molar-refractivity contribution in [3.05, 3.63) is 59.7 Å². The molecule has 1 amide bonds. The smallest absolute Gasteiger partial charge is 0.257 e. The number of aryl methyl sites for hydroxylation is 1. The highest BCUT2D eigenvalue weighted by Gasteiger charge is 2.35. The molecule has 1 fully saturated rings. The molecule has 1 aliphatic heterocycles. The van der Waals surface area contributed by atoms with Crippen LogP contribution in [0, 0.1) is 12.7 Å². The largest absolute Gasteiger partial charge is 0.497 e. The molecule has 0 radical (unpaired) electrons. The summed E-state index contributed by atoms with van der Waals surface area (Å²) in [6.07, 6.45) is 0.217. The van der Waals surface area contributed by atoms with Gasteiger partial charge in [0.2, 0.25) is 5.91 Å². The Labute approximate surface area is 155 Å². The zero-order valence-corrected chi connectivity index (χ0v) is 15.0. The summed E-state index contributed by atoms with van der Waals surface area (Å²) in [5.41, 5.74) is 1.86. The van der Waals surface area contributed by atoms with Crippen molar-refractivity contribution >= 4 is 11.6 Å². The number of rotatable bonds is 4. The fourth-order valence-electron chi connectivity index (χ4n) is 3.20. The molecule has 1 atom stereocenters. The van der Waals surface area contributed by atoms with Gasteiger partial charge in [-0.2, -0.15) is 4.98 Å². The third kappa shape index (κ3) is 3.28. The highest BCUT2D eigenvalue weighted by atomic mass is 19.1. The number of methoxy groups -OCH3 is 1. The van der Waals surface area contributed by atoms with E-state index < -0.39 is 5.82 Å². The van der Waals surface area contributed by atoms with Crippen LogP contribution in [0.5, 0.6) is 5.75 Å². The van der Waals surface area contributed by atoms with E-state index in [0.717, 1.165) is 16.9 Å². The van der Waals surface area contributed by atoms with E-state index in [1.54, 1.807) is 31.4 Å². The molecule has 6 nitrogen and oxygen atoms in total. The van der Waals surface area contributed by atoms with Gasteiger partial charge in [-0.25, -0.2) is 4.39 Å². The molecule has 3 aromatic rings. The van der Waals surface area contributed by atoms with Crippen LogP contribution < -0.4 is 9.64 Å². The molecular weight excluding hydrogens is 349 g/mol. The Balaban J connectivity index is 1.54. The Hall–Kier alpha value is -3.22. The summed E-state index contributed by atoms with van der Waals surface area (Å²) in [5.74, 6) is 0.753. The Morgan fingerprint density at radius 2 is 2.00 bits per heavy atom. The van der Waals surface area contributed by atoms with E-state index >= 15 is 0 Å². The summed E-state index contributed by atoms with van der Waals surface area (Å²) in [6.45, 7) is 2.13. The van der Waals surface area contributed by atoms with Crippen LogP contribution in [0.3, 0.4) is 0 Å². The molecule has 1 unspecified atom stereocenters. The maximum absolute atomic E-state index is 14.2. The number of benzene rings is 2. The molecule has 7 heteroatoms. The second-order valence-electron chi connectivity index (χ2n) is 6.55. The summed E-state index contributed by atoms with van der Waals surface area (Å²) in [4.78, 5) is 18.3. The van der Waals surface area contributed by atoms with Crippen molar-refractivity contribution in [2.75, 3.05) is 18.6 Å². The summed E-state index contributed by atoms with van der Waals surface area (Å²) in [6, 6.07) is 12.1. The number of aromatic nitrogens is 2. The SMILES string of the molecule is COc1ccc(-c2nc(C3CC(=O)N(c4ccc(C)cc4F)C3)no2)cc1. The minimum absolute atomic E-state index is 0.154. The van der Waals surface area contributed by atoms with Crippen molar-refractivity contribution in [3.8, 4) is 17.2 Å². The van der Waals surface area contributed by atoms with Crippen LogP contribution in [0.15, 0.2) is 47.0 Å². The van der Waals surface area contributed by atoms with E-state index in [0.29, 0.717) is 18.3 Å². The molecule has 4 rings (SSSR count). The van der Waals surface area contributed by atoms with Crippen molar-refractivity contribution < 1.29 is 18.4 Å². The topological polar surface area (TPSA) is 68.5 Å². The Morgan fingerprint density at radius 3 is 2.70 bits per heavy atom. The normalized spacial score (nSPS) is 16.8. The fraction of sp³-hybridized carbons (Fsp3) is 0.250. The van der Waals surface area contributed by atoms with E-state index in [1.165, 1.54) is 11.0 Å². The van der Waals surface area contributed by atoms with Gasteiger partial charge in [-0.05, 0) is 48.9 Å². The standard InChI is InChI=1S/C20H18FN3O3/c1-12-3-8-17(16(21)9-12)24-11-14(10-18(24)25)19-22-20(27-23-19)13-4-6-15(26-2)7-5-13/h3-9,14H,10-11H2,1-2H3. The van der Waals surface area contributed by atoms with E-state index in [1.807, 2.05) is 19.1 Å². The summed E-state index contributed by atoms with van der Waals surface area (Å²) >= 11 is 0. The first-order chi connectivity index (χ1) is 13.0. The van der Waals surface area contributed by atoms with Crippen LogP contribution in [0.25, 0.3) is 11.5 Å². The van der Waals surface area contributed by atoms with Gasteiger partial charge in [0.15, 0.2) is 5.82 Å². The number of amides is 1. The third-order valence-corrected chi connectivity index (χ3v) is 4.66. The van der Waals surface area contributed by atoms with Gasteiger partial charge >= 0.3 is 0 Å². The number of hydrogen-bond donors (Lipinski definition) is 0. The first-order valence-corrected chi connectivity index (χ1v) is 8.59. The molecular formula is C20H18FN3O3. The zero-order chi connectivity index (χ0) is 19.0. The first-order valence-electron chi connectivity index (χ1n) is 8.59. The Morgan fingerprint density at radius 1 is 1.22 bits per heavy atom. The van der Waals surface area contributed by atoms with E-state index in [4.69, 9.17) is 9.26 Å². The van der Waals surface area contributed by atoms with Crippen LogP contribution in [-0.4, -0.2) is 29.7 Å². The number of anilines is 1. The van der Waals surface area contributed by atoms with Crippen molar-refractivity contribution in [1.82, 2.24) is 10.1 Å². The molecule has 138 valence electrons. The lowest BCUT2D eigenvalue weighted by atomic mass is 10.1. The number of carbonyl (C=O) groups is 1. The molecule has 2 aromatic carbocycles. The lowest BCUT2D eigenvalue weighted by Gasteiger charge is -2.17. The monoisotopic (exact) mass is 367 g/mol. The quantitative estimate of drug-likeness (QED) is 0.703. The molecule has 0 spiro atoms.